The molecule has 0 saturated carbocycles. The molecule has 0 amide bonds. The molecule has 1 saturated heterocycles. The minimum Gasteiger partial charge on any atom is -0.306 e. The quantitative estimate of drug-likeness (QED) is 0.754. The van der Waals surface area contributed by atoms with Crippen LogP contribution in [0.4, 0.5) is 0 Å². The zero-order valence-electron chi connectivity index (χ0n) is 11.9. The summed E-state index contributed by atoms with van der Waals surface area (Å²) in [5.41, 5.74) is 0. The molecule has 1 aromatic heterocycles. The fourth-order valence-electron chi connectivity index (χ4n) is 2.43. The number of aryl methyl sites for hydroxylation is 1. The van der Waals surface area contributed by atoms with E-state index in [9.17, 15) is 8.42 Å². The van der Waals surface area contributed by atoms with Crippen molar-refractivity contribution in [1.82, 2.24) is 19.0 Å². The van der Waals surface area contributed by atoms with E-state index in [4.69, 9.17) is 11.6 Å². The highest BCUT2D eigenvalue weighted by Crippen LogP contribution is 2.21. The highest BCUT2D eigenvalue weighted by atomic mass is 35.5. The molecular weight excluding hydrogens is 300 g/mol. The van der Waals surface area contributed by atoms with Crippen LogP contribution in [0.3, 0.4) is 0 Å². The topological polar surface area (TPSA) is 58.4 Å². The van der Waals surface area contributed by atoms with Crippen molar-refractivity contribution < 1.29 is 8.42 Å². The van der Waals surface area contributed by atoms with Gasteiger partial charge in [-0.2, -0.15) is 9.40 Å². The van der Waals surface area contributed by atoms with Crippen molar-refractivity contribution >= 4 is 21.6 Å². The number of rotatable bonds is 5. The van der Waals surface area contributed by atoms with E-state index >= 15 is 0 Å². The number of halogens is 1. The van der Waals surface area contributed by atoms with Gasteiger partial charge in [0.15, 0.2) is 0 Å². The molecular formula is C12H21ClN4O2S. The number of hydrogen-bond donors (Lipinski definition) is 0. The van der Waals surface area contributed by atoms with Gasteiger partial charge in [0, 0.05) is 31.2 Å². The maximum Gasteiger partial charge on any atom is 0.246 e. The summed E-state index contributed by atoms with van der Waals surface area (Å²) in [5, 5.41) is 4.03. The first-order valence-electron chi connectivity index (χ1n) is 6.70. The van der Waals surface area contributed by atoms with Crippen molar-refractivity contribution in [2.45, 2.75) is 30.3 Å². The molecule has 1 aliphatic heterocycles. The molecule has 6 nitrogen and oxygen atoms in total. The molecule has 0 atom stereocenters. The van der Waals surface area contributed by atoms with Gasteiger partial charge in [-0.05, 0) is 26.9 Å². The monoisotopic (exact) mass is 320 g/mol. The fraction of sp³-hybridized carbons (Fsp3) is 0.750. The van der Waals surface area contributed by atoms with Gasteiger partial charge < -0.3 is 4.90 Å². The average molecular weight is 321 g/mol. The van der Waals surface area contributed by atoms with Crippen LogP contribution in [0.1, 0.15) is 12.8 Å². The Morgan fingerprint density at radius 3 is 2.60 bits per heavy atom. The second kappa shape index (κ2) is 6.43. The molecule has 1 aliphatic rings. The Kier molecular flexibility index (Phi) is 5.06. The zero-order valence-corrected chi connectivity index (χ0v) is 13.4. The van der Waals surface area contributed by atoms with Crippen molar-refractivity contribution in [3.8, 4) is 0 Å². The predicted molar refractivity (Wildman–Crippen MR) is 78.4 cm³/mol. The molecule has 8 heteroatoms. The summed E-state index contributed by atoms with van der Waals surface area (Å²) in [4.78, 5) is 2.41. The minimum atomic E-state index is -3.42. The molecule has 0 N–H and O–H groups in total. The molecule has 0 spiro atoms. The lowest BCUT2D eigenvalue weighted by atomic mass is 10.1. The summed E-state index contributed by atoms with van der Waals surface area (Å²) in [6.07, 6.45) is 4.68. The Bertz CT molecular complexity index is 535. The summed E-state index contributed by atoms with van der Waals surface area (Å²) < 4.78 is 28.1. The third kappa shape index (κ3) is 3.33. The number of hydrogen-bond acceptors (Lipinski definition) is 4. The maximum atomic E-state index is 12.5. The Hall–Kier alpha value is -0.630. The van der Waals surface area contributed by atoms with E-state index in [1.165, 1.54) is 6.20 Å². The van der Waals surface area contributed by atoms with Crippen molar-refractivity contribution in [2.75, 3.05) is 33.1 Å². The molecule has 2 heterocycles. The van der Waals surface area contributed by atoms with Gasteiger partial charge in [0.2, 0.25) is 10.0 Å². The van der Waals surface area contributed by atoms with Crippen LogP contribution in [0.25, 0.3) is 0 Å². The van der Waals surface area contributed by atoms with Crippen LogP contribution in [0, 0.1) is 0 Å². The lowest BCUT2D eigenvalue weighted by molar-refractivity contribution is 0.196. The number of alkyl halides is 1. The third-order valence-corrected chi connectivity index (χ3v) is 5.74. The van der Waals surface area contributed by atoms with Gasteiger partial charge >= 0.3 is 0 Å². The van der Waals surface area contributed by atoms with Crippen LogP contribution in [0.2, 0.25) is 0 Å². The van der Waals surface area contributed by atoms with Gasteiger partial charge in [-0.25, -0.2) is 8.42 Å². The highest BCUT2D eigenvalue weighted by molar-refractivity contribution is 7.89. The van der Waals surface area contributed by atoms with Crippen LogP contribution in [-0.4, -0.2) is 66.5 Å². The average Bonchev–Trinajstić information content (AvgIpc) is 2.88. The van der Waals surface area contributed by atoms with Gasteiger partial charge in [0.05, 0.1) is 12.7 Å². The maximum absolute atomic E-state index is 12.5. The molecule has 2 rings (SSSR count). The molecule has 0 radical (unpaired) electrons. The van der Waals surface area contributed by atoms with Crippen molar-refractivity contribution in [3.05, 3.63) is 12.4 Å². The number of aromatic nitrogens is 2. The second-order valence-electron chi connectivity index (χ2n) is 5.23. The molecule has 0 unspecified atom stereocenters. The van der Waals surface area contributed by atoms with Crippen LogP contribution < -0.4 is 0 Å². The molecule has 20 heavy (non-hydrogen) atoms. The van der Waals surface area contributed by atoms with Crippen LogP contribution in [0.15, 0.2) is 17.3 Å². The first-order chi connectivity index (χ1) is 9.45. The number of sulfonamides is 1. The van der Waals surface area contributed by atoms with Crippen molar-refractivity contribution in [2.24, 2.45) is 0 Å². The molecule has 0 aliphatic carbocycles. The lowest BCUT2D eigenvalue weighted by Gasteiger charge is -2.34. The number of nitrogens with zero attached hydrogens (tertiary/aromatic N) is 4. The summed E-state index contributed by atoms with van der Waals surface area (Å²) in [6.45, 7) is 1.64. The minimum absolute atomic E-state index is 0.255. The number of piperidine rings is 1. The summed E-state index contributed by atoms with van der Waals surface area (Å²) >= 11 is 5.63. The molecule has 1 fully saturated rings. The standard InChI is InChI=1S/C12H21ClN4O2S/c1-15(2)11-3-6-17(7-4-11)20(18,19)12-9-14-16(10-12)8-5-13/h9-11H,3-8H2,1-2H3. The molecule has 114 valence electrons. The van der Waals surface area contributed by atoms with Crippen LogP contribution in [-0.2, 0) is 16.6 Å². The molecule has 1 aromatic rings. The SMILES string of the molecule is CN(C)C1CCN(S(=O)(=O)c2cnn(CCCl)c2)CC1. The largest absolute Gasteiger partial charge is 0.306 e. The summed E-state index contributed by atoms with van der Waals surface area (Å²) in [7, 11) is 0.645. The van der Waals surface area contributed by atoms with E-state index in [2.05, 4.69) is 10.00 Å². The van der Waals surface area contributed by atoms with E-state index in [0.717, 1.165) is 12.8 Å². The molecule has 0 bridgehead atoms. The van der Waals surface area contributed by atoms with Crippen LogP contribution >= 0.6 is 11.6 Å². The van der Waals surface area contributed by atoms with Gasteiger partial charge in [0.1, 0.15) is 4.90 Å². The van der Waals surface area contributed by atoms with E-state index in [0.29, 0.717) is 31.6 Å². The Morgan fingerprint density at radius 2 is 2.05 bits per heavy atom. The van der Waals surface area contributed by atoms with Gasteiger partial charge in [-0.15, -0.1) is 11.6 Å². The van der Waals surface area contributed by atoms with E-state index in [1.54, 1.807) is 15.2 Å². The third-order valence-electron chi connectivity index (χ3n) is 3.71. The van der Waals surface area contributed by atoms with E-state index < -0.39 is 10.0 Å². The van der Waals surface area contributed by atoms with E-state index in [1.807, 2.05) is 14.1 Å². The Labute approximate surface area is 125 Å². The van der Waals surface area contributed by atoms with E-state index in [-0.39, 0.29) is 4.90 Å². The fourth-order valence-corrected chi connectivity index (χ4v) is 4.03. The van der Waals surface area contributed by atoms with Gasteiger partial charge in [0.25, 0.3) is 0 Å². The normalized spacial score (nSPS) is 18.8. The smallest absolute Gasteiger partial charge is 0.246 e. The van der Waals surface area contributed by atoms with Gasteiger partial charge in [-0.3, -0.25) is 4.68 Å². The van der Waals surface area contributed by atoms with Crippen LogP contribution in [0.5, 0.6) is 0 Å². The Balaban J connectivity index is 2.07. The molecule has 0 aromatic carbocycles. The Morgan fingerprint density at radius 1 is 1.40 bits per heavy atom. The van der Waals surface area contributed by atoms with Gasteiger partial charge in [-0.1, -0.05) is 0 Å². The first kappa shape index (κ1) is 15.8. The summed E-state index contributed by atoms with van der Waals surface area (Å²) in [5.74, 6) is 0.412. The lowest BCUT2D eigenvalue weighted by Crippen LogP contribution is -2.44. The highest BCUT2D eigenvalue weighted by Gasteiger charge is 2.30. The zero-order chi connectivity index (χ0) is 14.8. The first-order valence-corrected chi connectivity index (χ1v) is 8.67. The summed E-state index contributed by atoms with van der Waals surface area (Å²) in [6, 6.07) is 0.459. The predicted octanol–water partition coefficient (Wildman–Crippen LogP) is 0.837. The van der Waals surface area contributed by atoms with Crippen molar-refractivity contribution in [1.29, 1.82) is 0 Å². The van der Waals surface area contributed by atoms with Crippen molar-refractivity contribution in [3.63, 3.8) is 0 Å². The second-order valence-corrected chi connectivity index (χ2v) is 7.54.